The largest absolute Gasteiger partial charge is 0.334 e. The highest BCUT2D eigenvalue weighted by Crippen LogP contribution is 2.28. The van der Waals surface area contributed by atoms with Crippen molar-refractivity contribution in [3.63, 3.8) is 0 Å². The first-order valence-corrected chi connectivity index (χ1v) is 6.34. The first kappa shape index (κ1) is 10.8. The van der Waals surface area contributed by atoms with Crippen LogP contribution in [0.4, 0.5) is 0 Å². The Balaban J connectivity index is 1.85. The smallest absolute Gasteiger partial charge is 0.254 e. The molecule has 0 unspecified atom stereocenters. The topological polar surface area (TPSA) is 32.3 Å². The van der Waals surface area contributed by atoms with E-state index < -0.39 is 0 Å². The molecule has 2 atom stereocenters. The number of carbonyl (C=O) groups is 1. The Kier molecular flexibility index (Phi) is 2.63. The van der Waals surface area contributed by atoms with Crippen molar-refractivity contribution < 1.29 is 4.79 Å². The lowest BCUT2D eigenvalue weighted by Crippen LogP contribution is -2.39. The van der Waals surface area contributed by atoms with Crippen LogP contribution in [0.15, 0.2) is 24.3 Å². The van der Waals surface area contributed by atoms with Gasteiger partial charge in [-0.25, -0.2) is 0 Å². The van der Waals surface area contributed by atoms with Gasteiger partial charge in [0.15, 0.2) is 0 Å². The number of carbonyl (C=O) groups excluding carboxylic acids is 1. The number of aryl methyl sites for hydroxylation is 1. The van der Waals surface area contributed by atoms with E-state index in [1.807, 2.05) is 31.2 Å². The zero-order valence-electron chi connectivity index (χ0n) is 10.1. The van der Waals surface area contributed by atoms with Crippen LogP contribution in [0, 0.1) is 12.8 Å². The molecule has 2 aliphatic rings. The van der Waals surface area contributed by atoms with E-state index in [2.05, 4.69) is 10.2 Å². The SMILES string of the molecule is Cc1ccccc1C(=O)N1CC[C@@H]2CNC[C@@H]21. The summed E-state index contributed by atoms with van der Waals surface area (Å²) in [6, 6.07) is 8.29. The van der Waals surface area contributed by atoms with Gasteiger partial charge in [0.25, 0.3) is 5.91 Å². The average Bonchev–Trinajstić information content (AvgIpc) is 2.90. The van der Waals surface area contributed by atoms with Gasteiger partial charge < -0.3 is 10.2 Å². The summed E-state index contributed by atoms with van der Waals surface area (Å²) in [6.45, 7) is 4.96. The normalized spacial score (nSPS) is 27.2. The molecule has 2 heterocycles. The average molecular weight is 230 g/mol. The summed E-state index contributed by atoms with van der Waals surface area (Å²) >= 11 is 0. The quantitative estimate of drug-likeness (QED) is 0.791. The predicted octanol–water partition coefficient (Wildman–Crippen LogP) is 1.43. The van der Waals surface area contributed by atoms with Crippen LogP contribution in [0.5, 0.6) is 0 Å². The van der Waals surface area contributed by atoms with Gasteiger partial charge in [-0.15, -0.1) is 0 Å². The molecule has 2 saturated heterocycles. The zero-order chi connectivity index (χ0) is 11.8. The minimum Gasteiger partial charge on any atom is -0.334 e. The molecule has 1 aromatic rings. The summed E-state index contributed by atoms with van der Waals surface area (Å²) in [5.74, 6) is 0.877. The summed E-state index contributed by atoms with van der Waals surface area (Å²) in [4.78, 5) is 14.6. The van der Waals surface area contributed by atoms with Gasteiger partial charge in [-0.05, 0) is 30.9 Å². The maximum absolute atomic E-state index is 12.5. The molecule has 0 saturated carbocycles. The van der Waals surface area contributed by atoms with Crippen molar-refractivity contribution in [2.45, 2.75) is 19.4 Å². The molecular formula is C14H18N2O. The first-order chi connectivity index (χ1) is 8.27. The fraction of sp³-hybridized carbons (Fsp3) is 0.500. The number of amides is 1. The molecule has 17 heavy (non-hydrogen) atoms. The van der Waals surface area contributed by atoms with Gasteiger partial charge in [0.05, 0.1) is 0 Å². The standard InChI is InChI=1S/C14H18N2O/c1-10-4-2-3-5-12(10)14(17)16-7-6-11-8-15-9-13(11)16/h2-5,11,13,15H,6-9H2,1H3/t11-,13+/m1/s1. The van der Waals surface area contributed by atoms with Gasteiger partial charge in [0.2, 0.25) is 0 Å². The Hall–Kier alpha value is -1.35. The van der Waals surface area contributed by atoms with Crippen LogP contribution < -0.4 is 5.32 Å². The molecule has 3 heteroatoms. The number of nitrogens with zero attached hydrogens (tertiary/aromatic N) is 1. The molecule has 3 rings (SSSR count). The molecule has 0 aromatic heterocycles. The van der Waals surface area contributed by atoms with E-state index >= 15 is 0 Å². The molecule has 1 aromatic carbocycles. The number of hydrogen-bond donors (Lipinski definition) is 1. The van der Waals surface area contributed by atoms with Crippen molar-refractivity contribution in [3.05, 3.63) is 35.4 Å². The molecule has 1 amide bonds. The molecule has 2 fully saturated rings. The third-order valence-electron chi connectivity index (χ3n) is 4.08. The number of benzene rings is 1. The van der Waals surface area contributed by atoms with Gasteiger partial charge in [0, 0.05) is 31.2 Å². The van der Waals surface area contributed by atoms with Crippen molar-refractivity contribution in [3.8, 4) is 0 Å². The van der Waals surface area contributed by atoms with Crippen LogP contribution in [-0.2, 0) is 0 Å². The van der Waals surface area contributed by atoms with Gasteiger partial charge in [-0.1, -0.05) is 18.2 Å². The molecule has 1 N–H and O–H groups in total. The van der Waals surface area contributed by atoms with Crippen molar-refractivity contribution in [2.24, 2.45) is 5.92 Å². The van der Waals surface area contributed by atoms with Crippen molar-refractivity contribution >= 4 is 5.91 Å². The van der Waals surface area contributed by atoms with Crippen LogP contribution in [0.3, 0.4) is 0 Å². The fourth-order valence-corrected chi connectivity index (χ4v) is 3.07. The Morgan fingerprint density at radius 2 is 2.18 bits per heavy atom. The van der Waals surface area contributed by atoms with Crippen LogP contribution in [-0.4, -0.2) is 36.5 Å². The third-order valence-corrected chi connectivity index (χ3v) is 4.08. The summed E-state index contributed by atoms with van der Waals surface area (Å²) in [5.41, 5.74) is 1.94. The Morgan fingerprint density at radius 1 is 1.35 bits per heavy atom. The molecule has 90 valence electrons. The van der Waals surface area contributed by atoms with Crippen LogP contribution in [0.2, 0.25) is 0 Å². The van der Waals surface area contributed by atoms with Crippen molar-refractivity contribution in [2.75, 3.05) is 19.6 Å². The number of fused-ring (bicyclic) bond motifs is 1. The lowest BCUT2D eigenvalue weighted by molar-refractivity contribution is 0.0736. The maximum Gasteiger partial charge on any atom is 0.254 e. The van der Waals surface area contributed by atoms with Crippen LogP contribution in [0.1, 0.15) is 22.3 Å². The number of likely N-dealkylation sites (tertiary alicyclic amines) is 1. The van der Waals surface area contributed by atoms with Gasteiger partial charge in [-0.2, -0.15) is 0 Å². The van der Waals surface area contributed by atoms with E-state index in [0.29, 0.717) is 12.0 Å². The number of rotatable bonds is 1. The summed E-state index contributed by atoms with van der Waals surface area (Å²) < 4.78 is 0. The second kappa shape index (κ2) is 4.15. The van der Waals surface area contributed by atoms with Gasteiger partial charge >= 0.3 is 0 Å². The van der Waals surface area contributed by atoms with Crippen molar-refractivity contribution in [1.82, 2.24) is 10.2 Å². The molecular weight excluding hydrogens is 212 g/mol. The zero-order valence-corrected chi connectivity index (χ0v) is 10.1. The minimum absolute atomic E-state index is 0.208. The highest BCUT2D eigenvalue weighted by Gasteiger charge is 2.40. The fourth-order valence-electron chi connectivity index (χ4n) is 3.07. The van der Waals surface area contributed by atoms with Gasteiger partial charge in [0.1, 0.15) is 0 Å². The van der Waals surface area contributed by atoms with E-state index in [0.717, 1.165) is 37.2 Å². The van der Waals surface area contributed by atoms with Gasteiger partial charge in [-0.3, -0.25) is 4.79 Å². The lowest BCUT2D eigenvalue weighted by atomic mass is 10.0. The minimum atomic E-state index is 0.208. The summed E-state index contributed by atoms with van der Waals surface area (Å²) in [5, 5.41) is 3.38. The molecule has 0 aliphatic carbocycles. The van der Waals surface area contributed by atoms with E-state index in [1.165, 1.54) is 0 Å². The number of nitrogens with one attached hydrogen (secondary N) is 1. The highest BCUT2D eigenvalue weighted by atomic mass is 16.2. The molecule has 2 aliphatic heterocycles. The van der Waals surface area contributed by atoms with E-state index in [4.69, 9.17) is 0 Å². The second-order valence-electron chi connectivity index (χ2n) is 5.09. The summed E-state index contributed by atoms with van der Waals surface area (Å²) in [7, 11) is 0. The molecule has 0 radical (unpaired) electrons. The van der Waals surface area contributed by atoms with E-state index in [-0.39, 0.29) is 5.91 Å². The maximum atomic E-state index is 12.5. The summed E-state index contributed by atoms with van der Waals surface area (Å²) in [6.07, 6.45) is 1.15. The highest BCUT2D eigenvalue weighted by molar-refractivity contribution is 5.96. The molecule has 0 bridgehead atoms. The monoisotopic (exact) mass is 230 g/mol. The third kappa shape index (κ3) is 1.75. The second-order valence-corrected chi connectivity index (χ2v) is 5.09. The Labute approximate surface area is 102 Å². The first-order valence-electron chi connectivity index (χ1n) is 6.34. The van der Waals surface area contributed by atoms with Crippen molar-refractivity contribution in [1.29, 1.82) is 0 Å². The van der Waals surface area contributed by atoms with Crippen LogP contribution >= 0.6 is 0 Å². The predicted molar refractivity (Wildman–Crippen MR) is 67.0 cm³/mol. The Morgan fingerprint density at radius 3 is 3.00 bits per heavy atom. The van der Waals surface area contributed by atoms with E-state index in [9.17, 15) is 4.79 Å². The Bertz CT molecular complexity index is 444. The number of hydrogen-bond acceptors (Lipinski definition) is 2. The molecule has 0 spiro atoms. The lowest BCUT2D eigenvalue weighted by Gasteiger charge is -2.24. The van der Waals surface area contributed by atoms with E-state index in [1.54, 1.807) is 0 Å². The van der Waals surface area contributed by atoms with Crippen LogP contribution in [0.25, 0.3) is 0 Å². The molecule has 3 nitrogen and oxygen atoms in total.